The largest absolute Gasteiger partial charge is 0.396 e. The summed E-state index contributed by atoms with van der Waals surface area (Å²) in [6, 6.07) is 5.24. The standard InChI is InChI=1S/C23H31N7O4/c1-23(2,14-31)13-25-21(32)16-11-26-30-19(24-3)10-18(28-20(16)30)27-17-7-4-8-29(22(17)33)15-6-5-9-34-12-15/h4,7-8,10-11,15,24,31H,5-6,9,12-14H2,1-3H3,(H,25,32)(H,27,28)/t15-/m0/s1. The zero-order chi connectivity index (χ0) is 24.3. The van der Waals surface area contributed by atoms with Gasteiger partial charge in [0.1, 0.15) is 22.9 Å². The van der Waals surface area contributed by atoms with E-state index in [1.54, 1.807) is 29.9 Å². The Morgan fingerprint density at radius 3 is 2.91 bits per heavy atom. The maximum absolute atomic E-state index is 13.1. The highest BCUT2D eigenvalue weighted by Crippen LogP contribution is 2.22. The SMILES string of the molecule is CNc1cc(Nc2cccn([C@H]3CCCOC3)c2=O)nc2c(C(=O)NCC(C)(C)CO)cnn12. The van der Waals surface area contributed by atoms with Crippen LogP contribution in [0.3, 0.4) is 0 Å². The van der Waals surface area contributed by atoms with Crippen LogP contribution < -0.4 is 21.5 Å². The van der Waals surface area contributed by atoms with Crippen molar-refractivity contribution in [3.8, 4) is 0 Å². The van der Waals surface area contributed by atoms with E-state index in [0.29, 0.717) is 41.7 Å². The molecular formula is C23H31N7O4. The first-order valence-electron chi connectivity index (χ1n) is 11.3. The van der Waals surface area contributed by atoms with E-state index in [4.69, 9.17) is 4.74 Å². The van der Waals surface area contributed by atoms with Crippen molar-refractivity contribution in [1.82, 2.24) is 24.5 Å². The van der Waals surface area contributed by atoms with E-state index >= 15 is 0 Å². The van der Waals surface area contributed by atoms with E-state index in [0.717, 1.165) is 19.4 Å². The first kappa shape index (κ1) is 23.7. The molecule has 11 heteroatoms. The molecule has 1 aliphatic heterocycles. The number of fused-ring (bicyclic) bond motifs is 1. The summed E-state index contributed by atoms with van der Waals surface area (Å²) in [4.78, 5) is 30.5. The van der Waals surface area contributed by atoms with Crippen LogP contribution in [0.5, 0.6) is 0 Å². The Bertz CT molecular complexity index is 1230. The Morgan fingerprint density at radius 2 is 2.21 bits per heavy atom. The van der Waals surface area contributed by atoms with E-state index in [9.17, 15) is 14.7 Å². The third-order valence-corrected chi connectivity index (χ3v) is 5.89. The van der Waals surface area contributed by atoms with Gasteiger partial charge in [-0.05, 0) is 25.0 Å². The normalized spacial score (nSPS) is 16.4. The molecular weight excluding hydrogens is 438 g/mol. The van der Waals surface area contributed by atoms with Crippen LogP contribution in [0.1, 0.15) is 43.1 Å². The van der Waals surface area contributed by atoms with E-state index < -0.39 is 5.41 Å². The van der Waals surface area contributed by atoms with Crippen molar-refractivity contribution in [3.05, 3.63) is 46.5 Å². The first-order valence-corrected chi connectivity index (χ1v) is 11.3. The number of nitrogens with zero attached hydrogens (tertiary/aromatic N) is 4. The molecule has 0 aliphatic carbocycles. The lowest BCUT2D eigenvalue weighted by atomic mass is 9.95. The number of amides is 1. The summed E-state index contributed by atoms with van der Waals surface area (Å²) in [5.74, 6) is 0.651. The van der Waals surface area contributed by atoms with Crippen molar-refractivity contribution in [1.29, 1.82) is 0 Å². The molecule has 0 spiro atoms. The number of pyridine rings is 1. The van der Waals surface area contributed by atoms with Crippen LogP contribution in [-0.2, 0) is 4.74 Å². The molecule has 34 heavy (non-hydrogen) atoms. The van der Waals surface area contributed by atoms with Crippen molar-refractivity contribution in [2.45, 2.75) is 32.7 Å². The van der Waals surface area contributed by atoms with Crippen molar-refractivity contribution in [2.75, 3.05) is 44.0 Å². The molecule has 11 nitrogen and oxygen atoms in total. The number of ether oxygens (including phenoxy) is 1. The van der Waals surface area contributed by atoms with Gasteiger partial charge in [0.15, 0.2) is 5.65 Å². The van der Waals surface area contributed by atoms with Gasteiger partial charge in [0.25, 0.3) is 11.5 Å². The zero-order valence-corrected chi connectivity index (χ0v) is 19.7. The van der Waals surface area contributed by atoms with Gasteiger partial charge in [-0.1, -0.05) is 13.8 Å². The van der Waals surface area contributed by atoms with Gasteiger partial charge in [0, 0.05) is 44.5 Å². The van der Waals surface area contributed by atoms with Crippen LogP contribution in [0.4, 0.5) is 17.3 Å². The molecule has 1 fully saturated rings. The third kappa shape index (κ3) is 4.90. The second kappa shape index (κ2) is 9.82. The van der Waals surface area contributed by atoms with E-state index in [1.165, 1.54) is 10.7 Å². The monoisotopic (exact) mass is 469 g/mol. The van der Waals surface area contributed by atoms with Gasteiger partial charge in [0.2, 0.25) is 0 Å². The van der Waals surface area contributed by atoms with Crippen LogP contribution in [0.15, 0.2) is 35.4 Å². The Labute approximate surface area is 197 Å². The maximum atomic E-state index is 13.1. The topological polar surface area (TPSA) is 135 Å². The summed E-state index contributed by atoms with van der Waals surface area (Å²) in [6.07, 6.45) is 5.03. The highest BCUT2D eigenvalue weighted by molar-refractivity contribution is 6.00. The van der Waals surface area contributed by atoms with Gasteiger partial charge < -0.3 is 30.4 Å². The lowest BCUT2D eigenvalue weighted by Gasteiger charge is -2.24. The number of hydrogen-bond acceptors (Lipinski definition) is 8. The van der Waals surface area contributed by atoms with E-state index in [2.05, 4.69) is 26.0 Å². The highest BCUT2D eigenvalue weighted by Gasteiger charge is 2.22. The minimum atomic E-state index is -0.453. The third-order valence-electron chi connectivity index (χ3n) is 5.89. The fourth-order valence-electron chi connectivity index (χ4n) is 3.81. The molecule has 1 saturated heterocycles. The summed E-state index contributed by atoms with van der Waals surface area (Å²) in [6.45, 7) is 5.19. The number of carbonyl (C=O) groups excluding carboxylic acids is 1. The quantitative estimate of drug-likeness (QED) is 0.392. The Hall–Kier alpha value is -3.44. The highest BCUT2D eigenvalue weighted by atomic mass is 16.5. The average molecular weight is 470 g/mol. The number of carbonyl (C=O) groups is 1. The number of anilines is 3. The number of nitrogens with one attached hydrogen (secondary N) is 3. The van der Waals surface area contributed by atoms with Crippen LogP contribution in [0, 0.1) is 5.41 Å². The lowest BCUT2D eigenvalue weighted by molar-refractivity contribution is 0.0581. The average Bonchev–Trinajstić information content (AvgIpc) is 3.28. The lowest BCUT2D eigenvalue weighted by Crippen LogP contribution is -2.36. The molecule has 0 radical (unpaired) electrons. The fraction of sp³-hybridized carbons (Fsp3) is 0.478. The van der Waals surface area contributed by atoms with Crippen LogP contribution in [-0.4, -0.2) is 63.6 Å². The molecule has 0 saturated carbocycles. The summed E-state index contributed by atoms with van der Waals surface area (Å²) in [5, 5.41) is 22.7. The molecule has 0 aromatic carbocycles. The van der Waals surface area contributed by atoms with Gasteiger partial charge in [0.05, 0.1) is 18.8 Å². The number of rotatable bonds is 8. The number of aliphatic hydroxyl groups excluding tert-OH is 1. The van der Waals surface area contributed by atoms with Gasteiger partial charge in [-0.15, -0.1) is 0 Å². The second-order valence-corrected chi connectivity index (χ2v) is 9.21. The summed E-state index contributed by atoms with van der Waals surface area (Å²) in [7, 11) is 1.74. The predicted octanol–water partition coefficient (Wildman–Crippen LogP) is 1.78. The molecule has 4 N–H and O–H groups in total. The molecule has 1 atom stereocenters. The first-order chi connectivity index (χ1) is 16.3. The summed E-state index contributed by atoms with van der Waals surface area (Å²) in [5.41, 5.74) is 0.390. The molecule has 0 bridgehead atoms. The van der Waals surface area contributed by atoms with Crippen LogP contribution in [0.25, 0.3) is 5.65 Å². The smallest absolute Gasteiger partial charge is 0.274 e. The predicted molar refractivity (Wildman–Crippen MR) is 129 cm³/mol. The fourth-order valence-corrected chi connectivity index (χ4v) is 3.81. The van der Waals surface area contributed by atoms with Gasteiger partial charge in [-0.3, -0.25) is 9.59 Å². The molecule has 1 aliphatic rings. The van der Waals surface area contributed by atoms with Crippen molar-refractivity contribution in [3.63, 3.8) is 0 Å². The van der Waals surface area contributed by atoms with E-state index in [-0.39, 0.29) is 24.1 Å². The maximum Gasteiger partial charge on any atom is 0.274 e. The van der Waals surface area contributed by atoms with Crippen LogP contribution in [0.2, 0.25) is 0 Å². The molecule has 4 rings (SSSR count). The van der Waals surface area contributed by atoms with Crippen molar-refractivity contribution < 1.29 is 14.6 Å². The van der Waals surface area contributed by atoms with Gasteiger partial charge >= 0.3 is 0 Å². The van der Waals surface area contributed by atoms with Crippen LogP contribution >= 0.6 is 0 Å². The Balaban J connectivity index is 1.64. The van der Waals surface area contributed by atoms with Gasteiger partial charge in [-0.2, -0.15) is 9.61 Å². The minimum absolute atomic E-state index is 0.000363. The molecule has 182 valence electrons. The second-order valence-electron chi connectivity index (χ2n) is 9.21. The summed E-state index contributed by atoms with van der Waals surface area (Å²) < 4.78 is 8.76. The van der Waals surface area contributed by atoms with Crippen molar-refractivity contribution >= 4 is 28.9 Å². The molecule has 0 unspecified atom stereocenters. The molecule has 1 amide bonds. The van der Waals surface area contributed by atoms with Crippen molar-refractivity contribution in [2.24, 2.45) is 5.41 Å². The Kier molecular flexibility index (Phi) is 6.85. The number of aromatic nitrogens is 4. The Morgan fingerprint density at radius 1 is 1.38 bits per heavy atom. The number of hydrogen-bond donors (Lipinski definition) is 4. The van der Waals surface area contributed by atoms with E-state index in [1.807, 2.05) is 19.9 Å². The van der Waals surface area contributed by atoms with Gasteiger partial charge in [-0.25, -0.2) is 4.98 Å². The summed E-state index contributed by atoms with van der Waals surface area (Å²) >= 11 is 0. The minimum Gasteiger partial charge on any atom is -0.396 e. The number of aliphatic hydroxyl groups is 1. The zero-order valence-electron chi connectivity index (χ0n) is 19.7. The molecule has 3 aromatic rings. The molecule has 3 aromatic heterocycles. The molecule has 4 heterocycles.